The van der Waals surface area contributed by atoms with Crippen LogP contribution in [0.25, 0.3) is 0 Å². The fourth-order valence-corrected chi connectivity index (χ4v) is 10.7. The third kappa shape index (κ3) is 6.97. The predicted molar refractivity (Wildman–Crippen MR) is 104 cm³/mol. The van der Waals surface area contributed by atoms with Crippen LogP contribution in [0.15, 0.2) is 12.3 Å². The van der Waals surface area contributed by atoms with Gasteiger partial charge in [0.05, 0.1) is 0 Å². The van der Waals surface area contributed by atoms with Crippen molar-refractivity contribution in [2.75, 3.05) is 0 Å². The first-order valence-corrected chi connectivity index (χ1v) is 17.8. The van der Waals surface area contributed by atoms with Gasteiger partial charge in [0.2, 0.25) is 0 Å². The topological polar surface area (TPSA) is 18.5 Å². The summed E-state index contributed by atoms with van der Waals surface area (Å²) in [6, 6.07) is 0. The first kappa shape index (κ1) is 19.9. The van der Waals surface area contributed by atoms with Gasteiger partial charge in [0.15, 0.2) is 16.6 Å². The van der Waals surface area contributed by atoms with Gasteiger partial charge in [-0.3, -0.25) is 0 Å². The summed E-state index contributed by atoms with van der Waals surface area (Å²) in [5.41, 5.74) is 5.32. The minimum absolute atomic E-state index is 0.212. The Morgan fingerprint density at radius 2 is 1.50 bits per heavy atom. The molecule has 0 aromatic heterocycles. The molecule has 0 heterocycles. The SMILES string of the molecule is C=C[Si](C)(C)O[Si](C)(C)C#CC1(O[Si](C)(C)C)CCCCC1. The van der Waals surface area contributed by atoms with E-state index in [1.165, 1.54) is 19.3 Å². The zero-order valence-corrected chi connectivity index (χ0v) is 18.6. The second-order valence-corrected chi connectivity index (χ2v) is 20.6. The monoisotopic (exact) mass is 354 g/mol. The average molecular weight is 355 g/mol. The van der Waals surface area contributed by atoms with Crippen LogP contribution in [0.5, 0.6) is 0 Å². The van der Waals surface area contributed by atoms with Crippen molar-refractivity contribution in [3.05, 3.63) is 12.3 Å². The van der Waals surface area contributed by atoms with Crippen molar-refractivity contribution in [1.29, 1.82) is 0 Å². The van der Waals surface area contributed by atoms with Gasteiger partial charge >= 0.3 is 0 Å². The van der Waals surface area contributed by atoms with Crippen LogP contribution in [0, 0.1) is 11.5 Å². The molecule has 126 valence electrons. The Balaban J connectivity index is 2.97. The maximum absolute atomic E-state index is 6.54. The molecule has 22 heavy (non-hydrogen) atoms. The third-order valence-corrected chi connectivity index (χ3v) is 10.6. The average Bonchev–Trinajstić information content (AvgIpc) is 2.35. The van der Waals surface area contributed by atoms with Crippen molar-refractivity contribution in [2.45, 2.75) is 83.5 Å². The van der Waals surface area contributed by atoms with Gasteiger partial charge in [-0.1, -0.05) is 23.6 Å². The van der Waals surface area contributed by atoms with Crippen LogP contribution < -0.4 is 0 Å². The van der Waals surface area contributed by atoms with Gasteiger partial charge in [-0.05, 0) is 71.5 Å². The molecule has 0 aliphatic heterocycles. The Morgan fingerprint density at radius 1 is 0.955 bits per heavy atom. The van der Waals surface area contributed by atoms with Crippen LogP contribution in [0.4, 0.5) is 0 Å². The first-order chi connectivity index (χ1) is 9.89. The molecular formula is C17H34O2Si3. The quantitative estimate of drug-likeness (QED) is 0.497. The van der Waals surface area contributed by atoms with Crippen molar-refractivity contribution in [2.24, 2.45) is 0 Å². The molecule has 0 bridgehead atoms. The Kier molecular flexibility index (Phi) is 6.50. The van der Waals surface area contributed by atoms with Crippen molar-refractivity contribution in [3.8, 4) is 11.5 Å². The molecule has 0 spiro atoms. The molecule has 0 amide bonds. The molecule has 0 radical (unpaired) electrons. The molecular weight excluding hydrogens is 320 g/mol. The molecule has 0 aromatic rings. The standard InChI is InChI=1S/C17H34O2Si3/c1-9-21(5,6)19-22(7,8)16-15-17(18-20(2,3)4)13-11-10-12-14-17/h9H,1,10-14H2,2-8H3. The smallest absolute Gasteiger partial charge is 0.256 e. The van der Waals surface area contributed by atoms with Crippen LogP contribution in [-0.2, 0) is 8.54 Å². The van der Waals surface area contributed by atoms with E-state index in [1.807, 2.05) is 5.70 Å². The Labute approximate surface area is 141 Å². The Hall–Kier alpha value is -0.129. The highest BCUT2D eigenvalue weighted by Crippen LogP contribution is 2.34. The zero-order chi connectivity index (χ0) is 17.1. The van der Waals surface area contributed by atoms with E-state index in [0.29, 0.717) is 0 Å². The van der Waals surface area contributed by atoms with Crippen molar-refractivity contribution >= 4 is 25.0 Å². The van der Waals surface area contributed by atoms with E-state index < -0.39 is 25.0 Å². The highest BCUT2D eigenvalue weighted by atomic mass is 28.4. The molecule has 0 atom stereocenters. The number of hydrogen-bond acceptors (Lipinski definition) is 2. The normalized spacial score (nSPS) is 19.2. The number of rotatable bonds is 5. The molecule has 2 nitrogen and oxygen atoms in total. The lowest BCUT2D eigenvalue weighted by atomic mass is 9.86. The van der Waals surface area contributed by atoms with Crippen molar-refractivity contribution < 1.29 is 8.54 Å². The second-order valence-electron chi connectivity index (χ2n) is 8.44. The van der Waals surface area contributed by atoms with Gasteiger partial charge in [0, 0.05) is 0 Å². The van der Waals surface area contributed by atoms with Crippen LogP contribution in [-0.4, -0.2) is 30.6 Å². The maximum atomic E-state index is 6.54. The van der Waals surface area contributed by atoms with Crippen LogP contribution in [0.2, 0.25) is 45.8 Å². The van der Waals surface area contributed by atoms with Gasteiger partial charge in [0.25, 0.3) is 8.32 Å². The molecule has 0 unspecified atom stereocenters. The third-order valence-electron chi connectivity index (χ3n) is 3.76. The van der Waals surface area contributed by atoms with Gasteiger partial charge in [-0.25, -0.2) is 0 Å². The lowest BCUT2D eigenvalue weighted by molar-refractivity contribution is 0.0796. The van der Waals surface area contributed by atoms with E-state index in [-0.39, 0.29) is 5.60 Å². The van der Waals surface area contributed by atoms with Crippen molar-refractivity contribution in [3.63, 3.8) is 0 Å². The van der Waals surface area contributed by atoms with Gasteiger partial charge < -0.3 is 8.54 Å². The summed E-state index contributed by atoms with van der Waals surface area (Å²) in [7, 11) is -5.38. The lowest BCUT2D eigenvalue weighted by Gasteiger charge is -2.38. The molecule has 1 aliphatic rings. The Morgan fingerprint density at radius 3 is 1.95 bits per heavy atom. The first-order valence-electron chi connectivity index (χ1n) is 8.47. The fourth-order valence-electron chi connectivity index (χ4n) is 2.95. The summed E-state index contributed by atoms with van der Waals surface area (Å²) in [6.07, 6.45) is 5.93. The zero-order valence-electron chi connectivity index (χ0n) is 15.6. The summed E-state index contributed by atoms with van der Waals surface area (Å²) in [5, 5.41) is 0. The van der Waals surface area contributed by atoms with E-state index in [0.717, 1.165) is 12.8 Å². The summed E-state index contributed by atoms with van der Waals surface area (Å²) < 4.78 is 12.9. The van der Waals surface area contributed by atoms with E-state index in [4.69, 9.17) is 8.54 Å². The molecule has 1 saturated carbocycles. The van der Waals surface area contributed by atoms with Crippen molar-refractivity contribution in [1.82, 2.24) is 0 Å². The van der Waals surface area contributed by atoms with E-state index >= 15 is 0 Å². The molecule has 0 N–H and O–H groups in total. The van der Waals surface area contributed by atoms with Crippen LogP contribution >= 0.6 is 0 Å². The van der Waals surface area contributed by atoms with E-state index in [2.05, 4.69) is 63.9 Å². The molecule has 0 aromatic carbocycles. The van der Waals surface area contributed by atoms with Gasteiger partial charge in [-0.2, -0.15) is 0 Å². The molecule has 1 rings (SSSR count). The van der Waals surface area contributed by atoms with E-state index in [9.17, 15) is 0 Å². The summed E-state index contributed by atoms with van der Waals surface area (Å²) >= 11 is 0. The predicted octanol–water partition coefficient (Wildman–Crippen LogP) is 5.24. The minimum Gasteiger partial charge on any atom is -0.444 e. The van der Waals surface area contributed by atoms with Crippen LogP contribution in [0.1, 0.15) is 32.1 Å². The lowest BCUT2D eigenvalue weighted by Crippen LogP contribution is -2.45. The summed E-state index contributed by atoms with van der Waals surface area (Å²) in [6.45, 7) is 19.5. The second kappa shape index (κ2) is 7.18. The van der Waals surface area contributed by atoms with Crippen LogP contribution in [0.3, 0.4) is 0 Å². The molecule has 1 aliphatic carbocycles. The Bertz CT molecular complexity index is 447. The highest BCUT2D eigenvalue weighted by Gasteiger charge is 2.37. The highest BCUT2D eigenvalue weighted by molar-refractivity contribution is 6.91. The largest absolute Gasteiger partial charge is 0.444 e. The maximum Gasteiger partial charge on any atom is 0.256 e. The van der Waals surface area contributed by atoms with Gasteiger partial charge in [-0.15, -0.1) is 6.58 Å². The molecule has 5 heteroatoms. The minimum atomic E-state index is -2.00. The number of hydrogen-bond donors (Lipinski definition) is 0. The fraction of sp³-hybridized carbons (Fsp3) is 0.765. The molecule has 1 fully saturated rings. The van der Waals surface area contributed by atoms with E-state index in [1.54, 1.807) is 0 Å². The summed E-state index contributed by atoms with van der Waals surface area (Å²) in [5.74, 6) is 3.57. The summed E-state index contributed by atoms with van der Waals surface area (Å²) in [4.78, 5) is 0. The molecule has 0 saturated heterocycles. The van der Waals surface area contributed by atoms with Gasteiger partial charge in [0.1, 0.15) is 5.60 Å².